The SMILES string of the molecule is CCNC(Cc1ccccc1)c1ccccc1C. The van der Waals surface area contributed by atoms with Crippen molar-refractivity contribution in [3.05, 3.63) is 71.3 Å². The van der Waals surface area contributed by atoms with Crippen LogP contribution in [-0.2, 0) is 6.42 Å². The van der Waals surface area contributed by atoms with Gasteiger partial charge in [-0.3, -0.25) is 0 Å². The largest absolute Gasteiger partial charge is 0.310 e. The summed E-state index contributed by atoms with van der Waals surface area (Å²) in [5.41, 5.74) is 4.15. The molecule has 94 valence electrons. The zero-order chi connectivity index (χ0) is 12.8. The predicted octanol–water partition coefficient (Wildman–Crippen LogP) is 3.89. The lowest BCUT2D eigenvalue weighted by atomic mass is 9.95. The summed E-state index contributed by atoms with van der Waals surface area (Å²) in [6.45, 7) is 5.34. The van der Waals surface area contributed by atoms with Crippen molar-refractivity contribution in [2.75, 3.05) is 6.54 Å². The summed E-state index contributed by atoms with van der Waals surface area (Å²) in [7, 11) is 0. The Labute approximate surface area is 110 Å². The van der Waals surface area contributed by atoms with Crippen LogP contribution in [0.15, 0.2) is 54.6 Å². The summed E-state index contributed by atoms with van der Waals surface area (Å²) in [5.74, 6) is 0. The van der Waals surface area contributed by atoms with Gasteiger partial charge < -0.3 is 5.32 Å². The highest BCUT2D eigenvalue weighted by molar-refractivity contribution is 5.30. The molecular formula is C17H21N. The highest BCUT2D eigenvalue weighted by Crippen LogP contribution is 2.21. The standard InChI is InChI=1S/C17H21N/c1-3-18-17(13-15-10-5-4-6-11-15)16-12-8-7-9-14(16)2/h4-12,17-18H,3,13H2,1-2H3. The van der Waals surface area contributed by atoms with Crippen LogP contribution in [0.2, 0.25) is 0 Å². The van der Waals surface area contributed by atoms with Gasteiger partial charge in [0.15, 0.2) is 0 Å². The highest BCUT2D eigenvalue weighted by Gasteiger charge is 2.12. The lowest BCUT2D eigenvalue weighted by Gasteiger charge is -2.20. The molecule has 2 aromatic carbocycles. The van der Waals surface area contributed by atoms with Crippen LogP contribution in [0.1, 0.15) is 29.7 Å². The average molecular weight is 239 g/mol. The molecule has 18 heavy (non-hydrogen) atoms. The van der Waals surface area contributed by atoms with E-state index in [0.717, 1.165) is 13.0 Å². The van der Waals surface area contributed by atoms with Crippen LogP contribution in [0.25, 0.3) is 0 Å². The number of hydrogen-bond donors (Lipinski definition) is 1. The lowest BCUT2D eigenvalue weighted by molar-refractivity contribution is 0.547. The van der Waals surface area contributed by atoms with E-state index in [0.29, 0.717) is 6.04 Å². The second-order valence-corrected chi connectivity index (χ2v) is 4.66. The number of hydrogen-bond acceptors (Lipinski definition) is 1. The summed E-state index contributed by atoms with van der Waals surface area (Å²) < 4.78 is 0. The van der Waals surface area contributed by atoms with Crippen LogP contribution in [0.5, 0.6) is 0 Å². The number of benzene rings is 2. The molecule has 0 spiro atoms. The van der Waals surface area contributed by atoms with Crippen LogP contribution >= 0.6 is 0 Å². The van der Waals surface area contributed by atoms with Crippen molar-refractivity contribution in [2.24, 2.45) is 0 Å². The minimum absolute atomic E-state index is 0.401. The summed E-state index contributed by atoms with van der Waals surface area (Å²) in [6.07, 6.45) is 1.04. The fourth-order valence-electron chi connectivity index (χ4n) is 2.37. The molecule has 1 nitrogen and oxygen atoms in total. The molecule has 0 saturated heterocycles. The van der Waals surface area contributed by atoms with Gasteiger partial charge >= 0.3 is 0 Å². The number of nitrogens with one attached hydrogen (secondary N) is 1. The Morgan fingerprint density at radius 2 is 1.61 bits per heavy atom. The van der Waals surface area contributed by atoms with Gasteiger partial charge in [0.2, 0.25) is 0 Å². The maximum atomic E-state index is 3.59. The Hall–Kier alpha value is -1.60. The van der Waals surface area contributed by atoms with E-state index in [1.165, 1.54) is 16.7 Å². The molecule has 0 heterocycles. The van der Waals surface area contributed by atoms with Gasteiger partial charge in [-0.1, -0.05) is 61.5 Å². The molecule has 1 heteroatoms. The lowest BCUT2D eigenvalue weighted by Crippen LogP contribution is -2.23. The maximum Gasteiger partial charge on any atom is 0.0363 e. The zero-order valence-corrected chi connectivity index (χ0v) is 11.2. The first kappa shape index (κ1) is 12.8. The van der Waals surface area contributed by atoms with Crippen LogP contribution in [0, 0.1) is 6.92 Å². The van der Waals surface area contributed by atoms with Crippen molar-refractivity contribution in [2.45, 2.75) is 26.3 Å². The molecule has 0 aliphatic carbocycles. The number of rotatable bonds is 5. The van der Waals surface area contributed by atoms with Crippen LogP contribution in [0.4, 0.5) is 0 Å². The van der Waals surface area contributed by atoms with Crippen LogP contribution < -0.4 is 5.32 Å². The van der Waals surface area contributed by atoms with Crippen LogP contribution in [-0.4, -0.2) is 6.54 Å². The molecule has 0 aromatic heterocycles. The van der Waals surface area contributed by atoms with Crippen molar-refractivity contribution in [1.29, 1.82) is 0 Å². The molecule has 0 aliphatic heterocycles. The minimum atomic E-state index is 0.401. The van der Waals surface area contributed by atoms with Gasteiger partial charge in [0.1, 0.15) is 0 Å². The van der Waals surface area contributed by atoms with E-state index in [-0.39, 0.29) is 0 Å². The minimum Gasteiger partial charge on any atom is -0.310 e. The predicted molar refractivity (Wildman–Crippen MR) is 77.7 cm³/mol. The quantitative estimate of drug-likeness (QED) is 0.834. The Balaban J connectivity index is 2.21. The third-order valence-corrected chi connectivity index (χ3v) is 3.30. The van der Waals surface area contributed by atoms with Crippen molar-refractivity contribution < 1.29 is 0 Å². The van der Waals surface area contributed by atoms with Crippen molar-refractivity contribution in [1.82, 2.24) is 5.32 Å². The summed E-state index contributed by atoms with van der Waals surface area (Å²) in [4.78, 5) is 0. The van der Waals surface area contributed by atoms with Crippen molar-refractivity contribution in [3.63, 3.8) is 0 Å². The van der Waals surface area contributed by atoms with Gasteiger partial charge in [0.05, 0.1) is 0 Å². The Morgan fingerprint density at radius 3 is 2.28 bits per heavy atom. The fourth-order valence-corrected chi connectivity index (χ4v) is 2.37. The Bertz CT molecular complexity index is 476. The van der Waals surface area contributed by atoms with E-state index < -0.39 is 0 Å². The normalized spacial score (nSPS) is 12.3. The summed E-state index contributed by atoms with van der Waals surface area (Å²) in [6, 6.07) is 19.7. The van der Waals surface area contributed by atoms with Gasteiger partial charge in [-0.05, 0) is 36.6 Å². The summed E-state index contributed by atoms with van der Waals surface area (Å²) >= 11 is 0. The van der Waals surface area contributed by atoms with E-state index in [2.05, 4.69) is 73.8 Å². The first-order chi connectivity index (χ1) is 8.81. The van der Waals surface area contributed by atoms with Crippen molar-refractivity contribution in [3.8, 4) is 0 Å². The molecule has 1 N–H and O–H groups in total. The highest BCUT2D eigenvalue weighted by atomic mass is 14.9. The Morgan fingerprint density at radius 1 is 0.944 bits per heavy atom. The number of likely N-dealkylation sites (N-methyl/N-ethyl adjacent to an activating group) is 1. The molecule has 0 saturated carbocycles. The van der Waals surface area contributed by atoms with E-state index in [1.807, 2.05) is 0 Å². The second-order valence-electron chi connectivity index (χ2n) is 4.66. The van der Waals surface area contributed by atoms with Crippen molar-refractivity contribution >= 4 is 0 Å². The van der Waals surface area contributed by atoms with E-state index in [4.69, 9.17) is 0 Å². The molecule has 0 aliphatic rings. The average Bonchev–Trinajstić information content (AvgIpc) is 2.40. The maximum absolute atomic E-state index is 3.59. The molecule has 2 aromatic rings. The summed E-state index contributed by atoms with van der Waals surface area (Å²) in [5, 5.41) is 3.59. The van der Waals surface area contributed by atoms with E-state index in [1.54, 1.807) is 0 Å². The number of aryl methyl sites for hydroxylation is 1. The first-order valence-electron chi connectivity index (χ1n) is 6.64. The molecule has 1 unspecified atom stereocenters. The third-order valence-electron chi connectivity index (χ3n) is 3.30. The molecule has 0 amide bonds. The van der Waals surface area contributed by atoms with Gasteiger partial charge in [-0.15, -0.1) is 0 Å². The monoisotopic (exact) mass is 239 g/mol. The first-order valence-corrected chi connectivity index (χ1v) is 6.64. The fraction of sp³-hybridized carbons (Fsp3) is 0.294. The second kappa shape index (κ2) is 6.36. The van der Waals surface area contributed by atoms with Gasteiger partial charge in [-0.25, -0.2) is 0 Å². The van der Waals surface area contributed by atoms with Crippen LogP contribution in [0.3, 0.4) is 0 Å². The zero-order valence-electron chi connectivity index (χ0n) is 11.2. The van der Waals surface area contributed by atoms with E-state index >= 15 is 0 Å². The molecule has 0 fully saturated rings. The Kier molecular flexibility index (Phi) is 4.54. The molecule has 0 bridgehead atoms. The molecular weight excluding hydrogens is 218 g/mol. The topological polar surface area (TPSA) is 12.0 Å². The molecule has 2 rings (SSSR count). The third kappa shape index (κ3) is 3.21. The van der Waals surface area contributed by atoms with Gasteiger partial charge in [-0.2, -0.15) is 0 Å². The van der Waals surface area contributed by atoms with E-state index in [9.17, 15) is 0 Å². The smallest absolute Gasteiger partial charge is 0.0363 e. The molecule has 0 radical (unpaired) electrons. The molecule has 1 atom stereocenters. The van der Waals surface area contributed by atoms with Gasteiger partial charge in [0, 0.05) is 6.04 Å². The van der Waals surface area contributed by atoms with Gasteiger partial charge in [0.25, 0.3) is 0 Å².